The Morgan fingerprint density at radius 1 is 1.18 bits per heavy atom. The monoisotopic (exact) mass is 315 g/mol. The molecule has 0 atom stereocenters. The number of hydrogen-bond donors (Lipinski definition) is 1. The molecule has 2 rings (SSSR count). The highest BCUT2D eigenvalue weighted by atomic mass is 35.5. The van der Waals surface area contributed by atoms with Crippen molar-refractivity contribution in [3.8, 4) is 5.75 Å². The van der Waals surface area contributed by atoms with Gasteiger partial charge < -0.3 is 10.1 Å². The third kappa shape index (κ3) is 3.89. The first-order chi connectivity index (χ1) is 10.5. The van der Waals surface area contributed by atoms with Crippen molar-refractivity contribution in [2.75, 3.05) is 12.4 Å². The van der Waals surface area contributed by atoms with E-state index in [1.54, 1.807) is 31.5 Å². The molecule has 0 spiro atoms. The van der Waals surface area contributed by atoms with Gasteiger partial charge in [0.2, 0.25) is 0 Å². The zero-order valence-corrected chi connectivity index (χ0v) is 13.6. The number of halogens is 1. The lowest BCUT2D eigenvalue weighted by Gasteiger charge is -2.07. The van der Waals surface area contributed by atoms with Crippen LogP contribution >= 0.6 is 11.6 Å². The highest BCUT2D eigenvalue weighted by Gasteiger charge is 2.06. The lowest BCUT2D eigenvalue weighted by atomic mass is 10.0. The highest BCUT2D eigenvalue weighted by Crippen LogP contribution is 2.26. The van der Waals surface area contributed by atoms with E-state index in [0.717, 1.165) is 11.1 Å². The van der Waals surface area contributed by atoms with E-state index < -0.39 is 0 Å². The second kappa shape index (κ2) is 7.14. The van der Waals surface area contributed by atoms with Gasteiger partial charge in [-0.3, -0.25) is 4.79 Å². The molecule has 0 saturated carbocycles. The molecule has 0 aliphatic rings. The fourth-order valence-electron chi connectivity index (χ4n) is 2.13. The lowest BCUT2D eigenvalue weighted by molar-refractivity contribution is 0.104. The molecule has 0 heterocycles. The summed E-state index contributed by atoms with van der Waals surface area (Å²) in [5, 5.41) is 3.57. The predicted octanol–water partition coefficient (Wildman–Crippen LogP) is 4.77. The van der Waals surface area contributed by atoms with E-state index in [2.05, 4.69) is 5.32 Å². The molecule has 3 nitrogen and oxygen atoms in total. The molecular weight excluding hydrogens is 298 g/mol. The summed E-state index contributed by atoms with van der Waals surface area (Å²) in [6, 6.07) is 11.1. The van der Waals surface area contributed by atoms with Crippen molar-refractivity contribution in [2.45, 2.75) is 13.8 Å². The summed E-state index contributed by atoms with van der Waals surface area (Å²) >= 11 is 6.09. The van der Waals surface area contributed by atoms with Crippen LogP contribution in [-0.2, 0) is 0 Å². The molecule has 1 N–H and O–H groups in total. The summed E-state index contributed by atoms with van der Waals surface area (Å²) in [6.07, 6.45) is 3.08. The molecule has 0 bridgehead atoms. The number of benzene rings is 2. The number of carbonyl (C=O) groups excluding carboxylic acids is 1. The fraction of sp³-hybridized carbons (Fsp3) is 0.167. The molecule has 0 saturated heterocycles. The second-order valence-electron chi connectivity index (χ2n) is 5.01. The van der Waals surface area contributed by atoms with E-state index in [-0.39, 0.29) is 5.78 Å². The maximum Gasteiger partial charge on any atom is 0.187 e. The van der Waals surface area contributed by atoms with E-state index in [4.69, 9.17) is 16.3 Å². The fourth-order valence-corrected chi connectivity index (χ4v) is 2.30. The Kier molecular flexibility index (Phi) is 5.23. The third-order valence-electron chi connectivity index (χ3n) is 3.29. The molecule has 0 aliphatic heterocycles. The van der Waals surface area contributed by atoms with Crippen molar-refractivity contribution in [1.29, 1.82) is 0 Å². The summed E-state index contributed by atoms with van der Waals surface area (Å²) in [4.78, 5) is 12.2. The number of ether oxygens (including phenoxy) is 1. The van der Waals surface area contributed by atoms with Crippen molar-refractivity contribution in [1.82, 2.24) is 0 Å². The molecule has 0 unspecified atom stereocenters. The first kappa shape index (κ1) is 16.1. The van der Waals surface area contributed by atoms with Gasteiger partial charge in [-0.05, 0) is 31.5 Å². The maximum absolute atomic E-state index is 12.2. The molecule has 0 aromatic heterocycles. The van der Waals surface area contributed by atoms with E-state index in [1.165, 1.54) is 6.08 Å². The average Bonchev–Trinajstić information content (AvgIpc) is 2.49. The number of ketones is 1. The van der Waals surface area contributed by atoms with Crippen molar-refractivity contribution >= 4 is 23.1 Å². The minimum absolute atomic E-state index is 0.0518. The van der Waals surface area contributed by atoms with Gasteiger partial charge in [0, 0.05) is 23.9 Å². The van der Waals surface area contributed by atoms with Gasteiger partial charge in [-0.25, -0.2) is 0 Å². The van der Waals surface area contributed by atoms with Crippen LogP contribution < -0.4 is 10.1 Å². The van der Waals surface area contributed by atoms with E-state index >= 15 is 0 Å². The SMILES string of the molecule is COc1ccc(Cl)c(N/C=C/C(=O)c2ccc(C)cc2C)c1. The second-order valence-corrected chi connectivity index (χ2v) is 5.41. The molecule has 2 aromatic carbocycles. The first-order valence-electron chi connectivity index (χ1n) is 6.89. The van der Waals surface area contributed by atoms with Gasteiger partial charge in [-0.1, -0.05) is 35.4 Å². The third-order valence-corrected chi connectivity index (χ3v) is 3.62. The van der Waals surface area contributed by atoms with Crippen LogP contribution in [0.2, 0.25) is 5.02 Å². The normalized spacial score (nSPS) is 10.7. The van der Waals surface area contributed by atoms with Crippen LogP contribution in [-0.4, -0.2) is 12.9 Å². The van der Waals surface area contributed by atoms with E-state index in [1.807, 2.05) is 32.0 Å². The number of hydrogen-bond acceptors (Lipinski definition) is 3. The summed E-state index contributed by atoms with van der Waals surface area (Å²) in [5.41, 5.74) is 3.49. The lowest BCUT2D eigenvalue weighted by Crippen LogP contribution is -1.99. The minimum atomic E-state index is -0.0518. The molecule has 0 fully saturated rings. The van der Waals surface area contributed by atoms with Crippen LogP contribution in [0.25, 0.3) is 0 Å². The van der Waals surface area contributed by atoms with Gasteiger partial charge in [0.1, 0.15) is 5.75 Å². The van der Waals surface area contributed by atoms with Gasteiger partial charge in [-0.2, -0.15) is 0 Å². The Balaban J connectivity index is 2.10. The first-order valence-corrected chi connectivity index (χ1v) is 7.27. The van der Waals surface area contributed by atoms with Crippen LogP contribution in [0, 0.1) is 13.8 Å². The van der Waals surface area contributed by atoms with Crippen molar-refractivity contribution in [2.24, 2.45) is 0 Å². The zero-order chi connectivity index (χ0) is 16.1. The molecule has 2 aromatic rings. The molecule has 114 valence electrons. The van der Waals surface area contributed by atoms with Crippen LogP contribution in [0.15, 0.2) is 48.7 Å². The number of aryl methyl sites for hydroxylation is 2. The largest absolute Gasteiger partial charge is 0.497 e. The van der Waals surface area contributed by atoms with Gasteiger partial charge in [0.25, 0.3) is 0 Å². The molecular formula is C18H18ClNO2. The quantitative estimate of drug-likeness (QED) is 0.637. The van der Waals surface area contributed by atoms with Crippen LogP contribution in [0.5, 0.6) is 5.75 Å². The van der Waals surface area contributed by atoms with E-state index in [0.29, 0.717) is 22.0 Å². The molecule has 22 heavy (non-hydrogen) atoms. The number of rotatable bonds is 5. The Bertz CT molecular complexity index is 723. The maximum atomic E-state index is 12.2. The summed E-state index contributed by atoms with van der Waals surface area (Å²) < 4.78 is 5.14. The Hall–Kier alpha value is -2.26. The Morgan fingerprint density at radius 2 is 1.95 bits per heavy atom. The highest BCUT2D eigenvalue weighted by molar-refractivity contribution is 6.33. The van der Waals surface area contributed by atoms with Crippen LogP contribution in [0.1, 0.15) is 21.5 Å². The van der Waals surface area contributed by atoms with Crippen molar-refractivity contribution < 1.29 is 9.53 Å². The zero-order valence-electron chi connectivity index (χ0n) is 12.8. The number of anilines is 1. The number of carbonyl (C=O) groups is 1. The molecule has 0 radical (unpaired) electrons. The summed E-state index contributed by atoms with van der Waals surface area (Å²) in [6.45, 7) is 3.93. The van der Waals surface area contributed by atoms with Gasteiger partial charge >= 0.3 is 0 Å². The van der Waals surface area contributed by atoms with Crippen molar-refractivity contribution in [3.05, 3.63) is 70.4 Å². The predicted molar refractivity (Wildman–Crippen MR) is 91.0 cm³/mol. The molecule has 4 heteroatoms. The molecule has 0 amide bonds. The van der Waals surface area contributed by atoms with E-state index in [9.17, 15) is 4.79 Å². The van der Waals surface area contributed by atoms with Crippen molar-refractivity contribution in [3.63, 3.8) is 0 Å². The van der Waals surface area contributed by atoms with Gasteiger partial charge in [0.15, 0.2) is 5.78 Å². The Labute approximate surface area is 135 Å². The summed E-state index contributed by atoms with van der Waals surface area (Å²) in [5.74, 6) is 0.644. The summed E-state index contributed by atoms with van der Waals surface area (Å²) in [7, 11) is 1.59. The number of allylic oxidation sites excluding steroid dienone is 1. The standard InChI is InChI=1S/C18H18ClNO2/c1-12-4-6-15(13(2)10-12)18(21)8-9-20-17-11-14(22-3)5-7-16(17)19/h4-11,20H,1-3H3/b9-8+. The minimum Gasteiger partial charge on any atom is -0.497 e. The number of methoxy groups -OCH3 is 1. The smallest absolute Gasteiger partial charge is 0.187 e. The average molecular weight is 316 g/mol. The van der Waals surface area contributed by atoms with Gasteiger partial charge in [-0.15, -0.1) is 0 Å². The number of nitrogens with one attached hydrogen (secondary N) is 1. The van der Waals surface area contributed by atoms with Crippen LogP contribution in [0.4, 0.5) is 5.69 Å². The Morgan fingerprint density at radius 3 is 2.64 bits per heavy atom. The molecule has 0 aliphatic carbocycles. The van der Waals surface area contributed by atoms with Crippen LogP contribution in [0.3, 0.4) is 0 Å². The van der Waals surface area contributed by atoms with Gasteiger partial charge in [0.05, 0.1) is 17.8 Å². The topological polar surface area (TPSA) is 38.3 Å².